The highest BCUT2D eigenvalue weighted by Gasteiger charge is 2.23. The second-order valence-electron chi connectivity index (χ2n) is 6.50. The first-order valence-electron chi connectivity index (χ1n) is 9.39. The Hall–Kier alpha value is -2.73. The molecular formula is C22H26ClNO5. The smallest absolute Gasteiger partial charge is 0.339 e. The number of halogens is 1. The normalized spacial score (nSPS) is 12.6. The van der Waals surface area contributed by atoms with Crippen LogP contribution in [0, 0.1) is 0 Å². The molecule has 29 heavy (non-hydrogen) atoms. The van der Waals surface area contributed by atoms with Crippen LogP contribution in [-0.2, 0) is 9.53 Å². The third-order valence-electron chi connectivity index (χ3n) is 4.42. The van der Waals surface area contributed by atoms with Crippen molar-refractivity contribution in [2.75, 3.05) is 14.2 Å². The molecule has 2 atom stereocenters. The molecule has 0 saturated carbocycles. The summed E-state index contributed by atoms with van der Waals surface area (Å²) in [6, 6.07) is 12.4. The number of hydrogen-bond acceptors (Lipinski definition) is 5. The highest BCUT2D eigenvalue weighted by atomic mass is 35.5. The van der Waals surface area contributed by atoms with Crippen LogP contribution >= 0.6 is 11.6 Å². The SMILES string of the molecule is CCC[C@H](NC(=O)[C@H](C)OC(=O)c1cc(Cl)c(OC)c(OC)c1)c1ccccc1. The fourth-order valence-corrected chi connectivity index (χ4v) is 3.19. The molecule has 0 fully saturated rings. The summed E-state index contributed by atoms with van der Waals surface area (Å²) < 4.78 is 15.7. The van der Waals surface area contributed by atoms with Crippen molar-refractivity contribution in [1.82, 2.24) is 5.32 Å². The monoisotopic (exact) mass is 419 g/mol. The maximum Gasteiger partial charge on any atom is 0.339 e. The third-order valence-corrected chi connectivity index (χ3v) is 4.70. The second-order valence-corrected chi connectivity index (χ2v) is 6.91. The molecule has 7 heteroatoms. The molecule has 0 bridgehead atoms. The number of hydrogen-bond donors (Lipinski definition) is 1. The average molecular weight is 420 g/mol. The van der Waals surface area contributed by atoms with E-state index < -0.39 is 12.1 Å². The maximum absolute atomic E-state index is 12.6. The number of rotatable bonds is 9. The molecule has 0 heterocycles. The molecule has 0 aliphatic carbocycles. The van der Waals surface area contributed by atoms with Gasteiger partial charge in [0.15, 0.2) is 17.6 Å². The van der Waals surface area contributed by atoms with E-state index in [9.17, 15) is 9.59 Å². The van der Waals surface area contributed by atoms with Gasteiger partial charge in [-0.25, -0.2) is 4.79 Å². The predicted molar refractivity (Wildman–Crippen MR) is 112 cm³/mol. The van der Waals surface area contributed by atoms with E-state index in [1.165, 1.54) is 33.3 Å². The van der Waals surface area contributed by atoms with Crippen molar-refractivity contribution in [3.63, 3.8) is 0 Å². The van der Waals surface area contributed by atoms with Gasteiger partial charge in [0.2, 0.25) is 0 Å². The molecule has 0 unspecified atom stereocenters. The first-order valence-corrected chi connectivity index (χ1v) is 9.76. The molecule has 6 nitrogen and oxygen atoms in total. The molecule has 156 valence electrons. The number of benzene rings is 2. The lowest BCUT2D eigenvalue weighted by Gasteiger charge is -2.21. The Bertz CT molecular complexity index is 841. The van der Waals surface area contributed by atoms with E-state index in [2.05, 4.69) is 5.32 Å². The summed E-state index contributed by atoms with van der Waals surface area (Å²) in [6.45, 7) is 3.58. The second kappa shape index (κ2) is 10.7. The highest BCUT2D eigenvalue weighted by molar-refractivity contribution is 6.32. The van der Waals surface area contributed by atoms with Crippen LogP contribution in [0.5, 0.6) is 11.5 Å². The minimum atomic E-state index is -0.975. The molecule has 0 saturated heterocycles. The van der Waals surface area contributed by atoms with E-state index in [1.54, 1.807) is 0 Å². The van der Waals surface area contributed by atoms with Crippen molar-refractivity contribution in [2.24, 2.45) is 0 Å². The maximum atomic E-state index is 12.6. The van der Waals surface area contributed by atoms with E-state index in [0.717, 1.165) is 18.4 Å². The molecule has 2 rings (SSSR count). The van der Waals surface area contributed by atoms with Gasteiger partial charge in [-0.3, -0.25) is 4.79 Å². The van der Waals surface area contributed by atoms with Gasteiger partial charge in [0, 0.05) is 0 Å². The van der Waals surface area contributed by atoms with Crippen molar-refractivity contribution in [3.05, 3.63) is 58.6 Å². The summed E-state index contributed by atoms with van der Waals surface area (Å²) in [4.78, 5) is 25.1. The Kier molecular flexibility index (Phi) is 8.34. The number of nitrogens with one attached hydrogen (secondary N) is 1. The Labute approximate surface area is 176 Å². The summed E-state index contributed by atoms with van der Waals surface area (Å²) in [5.41, 5.74) is 1.17. The number of amides is 1. The van der Waals surface area contributed by atoms with Gasteiger partial charge in [0.25, 0.3) is 5.91 Å². The van der Waals surface area contributed by atoms with E-state index in [-0.39, 0.29) is 22.5 Å². The molecule has 1 amide bonds. The summed E-state index contributed by atoms with van der Waals surface area (Å²) in [7, 11) is 2.89. The molecule has 0 radical (unpaired) electrons. The molecule has 0 spiro atoms. The van der Waals surface area contributed by atoms with Crippen molar-refractivity contribution < 1.29 is 23.8 Å². The lowest BCUT2D eigenvalue weighted by atomic mass is 10.0. The van der Waals surface area contributed by atoms with Gasteiger partial charge in [-0.2, -0.15) is 0 Å². The summed E-state index contributed by atoms with van der Waals surface area (Å²) in [5.74, 6) is -0.424. The number of ether oxygens (including phenoxy) is 3. The predicted octanol–water partition coefficient (Wildman–Crippen LogP) is 4.56. The zero-order valence-corrected chi connectivity index (χ0v) is 17.8. The fourth-order valence-electron chi connectivity index (χ4n) is 2.90. The average Bonchev–Trinajstić information content (AvgIpc) is 2.73. The first kappa shape index (κ1) is 22.6. The van der Waals surface area contributed by atoms with Gasteiger partial charge in [0.05, 0.1) is 30.8 Å². The van der Waals surface area contributed by atoms with Gasteiger partial charge in [-0.05, 0) is 31.0 Å². The first-order chi connectivity index (χ1) is 13.9. The topological polar surface area (TPSA) is 73.9 Å². The quantitative estimate of drug-likeness (QED) is 0.603. The fraction of sp³-hybridized carbons (Fsp3) is 0.364. The number of carbonyl (C=O) groups excluding carboxylic acids is 2. The van der Waals surface area contributed by atoms with E-state index >= 15 is 0 Å². The van der Waals surface area contributed by atoms with Crippen LogP contribution < -0.4 is 14.8 Å². The van der Waals surface area contributed by atoms with Crippen LogP contribution in [0.3, 0.4) is 0 Å². The zero-order chi connectivity index (χ0) is 21.4. The number of esters is 1. The minimum absolute atomic E-state index is 0.148. The van der Waals surface area contributed by atoms with Gasteiger partial charge in [0.1, 0.15) is 0 Å². The van der Waals surface area contributed by atoms with Gasteiger partial charge >= 0.3 is 5.97 Å². The highest BCUT2D eigenvalue weighted by Crippen LogP contribution is 2.36. The van der Waals surface area contributed by atoms with Crippen LogP contribution in [-0.4, -0.2) is 32.2 Å². The van der Waals surface area contributed by atoms with E-state index in [1.807, 2.05) is 37.3 Å². The van der Waals surface area contributed by atoms with Crippen LogP contribution in [0.4, 0.5) is 0 Å². The van der Waals surface area contributed by atoms with Gasteiger partial charge < -0.3 is 19.5 Å². The summed E-state index contributed by atoms with van der Waals surface area (Å²) >= 11 is 6.14. The Morgan fingerprint density at radius 1 is 1.10 bits per heavy atom. The summed E-state index contributed by atoms with van der Waals surface area (Å²) in [5, 5.41) is 3.17. The van der Waals surface area contributed by atoms with Crippen LogP contribution in [0.1, 0.15) is 48.7 Å². The molecule has 2 aromatic carbocycles. The van der Waals surface area contributed by atoms with E-state index in [4.69, 9.17) is 25.8 Å². The van der Waals surface area contributed by atoms with Crippen molar-refractivity contribution >= 4 is 23.5 Å². The van der Waals surface area contributed by atoms with Crippen molar-refractivity contribution in [1.29, 1.82) is 0 Å². The minimum Gasteiger partial charge on any atom is -0.493 e. The van der Waals surface area contributed by atoms with Gasteiger partial charge in [-0.1, -0.05) is 55.3 Å². The van der Waals surface area contributed by atoms with Crippen molar-refractivity contribution in [3.8, 4) is 11.5 Å². The Morgan fingerprint density at radius 2 is 1.79 bits per heavy atom. The standard InChI is InChI=1S/C22H26ClNO5/c1-5-9-18(15-10-7-6-8-11-15)24-21(25)14(2)29-22(26)16-12-17(23)20(28-4)19(13-16)27-3/h6-8,10-14,18H,5,9H2,1-4H3,(H,24,25)/t14-,18-/m0/s1. The molecule has 2 aromatic rings. The van der Waals surface area contributed by atoms with Crippen molar-refractivity contribution in [2.45, 2.75) is 38.8 Å². The number of methoxy groups -OCH3 is 2. The number of carbonyl (C=O) groups is 2. The van der Waals surface area contributed by atoms with Crippen LogP contribution in [0.25, 0.3) is 0 Å². The Morgan fingerprint density at radius 3 is 2.38 bits per heavy atom. The largest absolute Gasteiger partial charge is 0.493 e. The molecule has 1 N–H and O–H groups in total. The third kappa shape index (κ3) is 5.87. The summed E-state index contributed by atoms with van der Waals surface area (Å²) in [6.07, 6.45) is 0.706. The lowest BCUT2D eigenvalue weighted by molar-refractivity contribution is -0.129. The molecule has 0 aliphatic heterocycles. The van der Waals surface area contributed by atoms with E-state index in [0.29, 0.717) is 11.5 Å². The molecule has 0 aromatic heterocycles. The molecule has 0 aliphatic rings. The molecular weight excluding hydrogens is 394 g/mol. The Balaban J connectivity index is 2.08. The zero-order valence-electron chi connectivity index (χ0n) is 17.0. The van der Waals surface area contributed by atoms with Crippen LogP contribution in [0.2, 0.25) is 5.02 Å². The van der Waals surface area contributed by atoms with Crippen LogP contribution in [0.15, 0.2) is 42.5 Å². The van der Waals surface area contributed by atoms with Gasteiger partial charge in [-0.15, -0.1) is 0 Å². The lowest BCUT2D eigenvalue weighted by Crippen LogP contribution is -2.38.